The molecule has 6 nitrogen and oxygen atoms in total. The molecule has 0 aliphatic carbocycles. The van der Waals surface area contributed by atoms with Crippen LogP contribution in [-0.4, -0.2) is 28.2 Å². The van der Waals surface area contributed by atoms with Gasteiger partial charge >= 0.3 is 0 Å². The number of anilines is 2. The van der Waals surface area contributed by atoms with Gasteiger partial charge in [0.2, 0.25) is 0 Å². The van der Waals surface area contributed by atoms with Gasteiger partial charge in [-0.2, -0.15) is 9.46 Å². The van der Waals surface area contributed by atoms with E-state index in [0.717, 1.165) is 32.0 Å². The second-order valence-corrected chi connectivity index (χ2v) is 8.54. The molecule has 2 heterocycles. The molecule has 0 N–H and O–H groups in total. The molecular formula is C22H34N4O2. The highest BCUT2D eigenvalue weighted by atomic mass is 16.5. The lowest BCUT2D eigenvalue weighted by molar-refractivity contribution is -0.635. The van der Waals surface area contributed by atoms with Crippen LogP contribution in [0.4, 0.5) is 11.4 Å². The van der Waals surface area contributed by atoms with Crippen molar-refractivity contribution in [1.82, 2.24) is 0 Å². The second kappa shape index (κ2) is 7.86. The molecule has 0 aliphatic rings. The Hall–Kier alpha value is -2.50. The fraction of sp³-hybridized carbons (Fsp3) is 0.545. The van der Waals surface area contributed by atoms with E-state index in [2.05, 4.69) is 0 Å². The highest BCUT2D eigenvalue weighted by molar-refractivity contribution is 5.71. The molecule has 0 radical (unpaired) electrons. The Labute approximate surface area is 169 Å². The minimum Gasteiger partial charge on any atom is -0.618 e. The third kappa shape index (κ3) is 3.60. The largest absolute Gasteiger partial charge is 0.618 e. The van der Waals surface area contributed by atoms with Gasteiger partial charge in [0.1, 0.15) is 0 Å². The van der Waals surface area contributed by atoms with Gasteiger partial charge < -0.3 is 20.2 Å². The van der Waals surface area contributed by atoms with Gasteiger partial charge in [-0.25, -0.2) is 0 Å². The maximum Gasteiger partial charge on any atom is 0.295 e. The van der Waals surface area contributed by atoms with Gasteiger partial charge in [0, 0.05) is 52.2 Å². The Balaban J connectivity index is 3.06. The molecule has 0 saturated heterocycles. The quantitative estimate of drug-likeness (QED) is 0.582. The molecule has 0 amide bonds. The van der Waals surface area contributed by atoms with Crippen molar-refractivity contribution in [3.8, 4) is 11.4 Å². The standard InChI is InChI=1S/C22H34N4O2/c1-13(2)17-11-19(23(7)8)15(5)21(25(17)27)22-16(6)20(24(9)10)12-18(14(3)4)26(22)28/h11-14H,1-10H3. The summed E-state index contributed by atoms with van der Waals surface area (Å²) >= 11 is 0. The third-order valence-corrected chi connectivity index (χ3v) is 5.29. The van der Waals surface area contributed by atoms with Crippen molar-refractivity contribution in [2.75, 3.05) is 38.0 Å². The Kier molecular flexibility index (Phi) is 6.12. The minimum atomic E-state index is 0.0394. The van der Waals surface area contributed by atoms with E-state index in [1.165, 1.54) is 0 Å². The van der Waals surface area contributed by atoms with E-state index in [4.69, 9.17) is 0 Å². The maximum absolute atomic E-state index is 13.4. The zero-order chi connectivity index (χ0) is 21.5. The van der Waals surface area contributed by atoms with Crippen LogP contribution in [0.5, 0.6) is 0 Å². The van der Waals surface area contributed by atoms with Crippen LogP contribution in [0.2, 0.25) is 0 Å². The monoisotopic (exact) mass is 386 g/mol. The fourth-order valence-electron chi connectivity index (χ4n) is 3.70. The fourth-order valence-corrected chi connectivity index (χ4v) is 3.70. The van der Waals surface area contributed by atoms with Crippen molar-refractivity contribution in [2.45, 2.75) is 53.4 Å². The summed E-state index contributed by atoms with van der Waals surface area (Å²) < 4.78 is 1.90. The first-order chi connectivity index (χ1) is 12.9. The Bertz CT molecular complexity index is 749. The number of aromatic nitrogens is 2. The SMILES string of the molecule is Cc1c(N(C)C)cc(C(C)C)[n+]([O-])c1-c1c(C)c(N(C)C)cc(C(C)C)[n+]1[O-]. The molecule has 154 valence electrons. The number of hydrogen-bond acceptors (Lipinski definition) is 4. The molecule has 0 atom stereocenters. The lowest BCUT2D eigenvalue weighted by Crippen LogP contribution is -2.44. The topological polar surface area (TPSA) is 60.4 Å². The van der Waals surface area contributed by atoms with Crippen molar-refractivity contribution < 1.29 is 9.46 Å². The molecular weight excluding hydrogens is 352 g/mol. The number of nitrogens with zero attached hydrogens (tertiary/aromatic N) is 4. The molecule has 0 spiro atoms. The van der Waals surface area contributed by atoms with Crippen molar-refractivity contribution in [2.24, 2.45) is 0 Å². The van der Waals surface area contributed by atoms with E-state index in [-0.39, 0.29) is 11.8 Å². The number of rotatable bonds is 5. The molecule has 28 heavy (non-hydrogen) atoms. The van der Waals surface area contributed by atoms with E-state index in [1.54, 1.807) is 0 Å². The summed E-state index contributed by atoms with van der Waals surface area (Å²) in [7, 11) is 7.83. The average molecular weight is 387 g/mol. The van der Waals surface area contributed by atoms with Crippen LogP contribution in [0.1, 0.15) is 62.0 Å². The van der Waals surface area contributed by atoms with Crippen LogP contribution >= 0.6 is 0 Å². The van der Waals surface area contributed by atoms with Gasteiger partial charge in [-0.3, -0.25) is 0 Å². The Morgan fingerprint density at radius 3 is 1.18 bits per heavy atom. The van der Waals surface area contributed by atoms with E-state index < -0.39 is 0 Å². The molecule has 0 unspecified atom stereocenters. The third-order valence-electron chi connectivity index (χ3n) is 5.29. The van der Waals surface area contributed by atoms with E-state index >= 15 is 0 Å². The summed E-state index contributed by atoms with van der Waals surface area (Å²) in [5.74, 6) is 0.0788. The molecule has 2 aromatic rings. The molecule has 2 rings (SSSR count). The smallest absolute Gasteiger partial charge is 0.295 e. The first-order valence-corrected chi connectivity index (χ1v) is 9.79. The predicted octanol–water partition coefficient (Wildman–Crippen LogP) is 3.62. The van der Waals surface area contributed by atoms with Crippen LogP contribution < -0.4 is 19.3 Å². The summed E-state index contributed by atoms with van der Waals surface area (Å²) in [4.78, 5) is 3.99. The van der Waals surface area contributed by atoms with Gasteiger partial charge in [0.05, 0.1) is 22.5 Å². The van der Waals surface area contributed by atoms with Crippen molar-refractivity contribution in [3.63, 3.8) is 0 Å². The van der Waals surface area contributed by atoms with Crippen LogP contribution in [0.15, 0.2) is 12.1 Å². The highest BCUT2D eigenvalue weighted by Gasteiger charge is 2.34. The minimum absolute atomic E-state index is 0.0394. The normalized spacial score (nSPS) is 11.4. The molecule has 6 heteroatoms. The lowest BCUT2D eigenvalue weighted by atomic mass is 9.98. The summed E-state index contributed by atoms with van der Waals surface area (Å²) in [5, 5.41) is 26.8. The molecule has 0 fully saturated rings. The van der Waals surface area contributed by atoms with Gasteiger partial charge in [-0.15, -0.1) is 0 Å². The highest BCUT2D eigenvalue weighted by Crippen LogP contribution is 2.34. The zero-order valence-corrected chi connectivity index (χ0v) is 18.9. The van der Waals surface area contributed by atoms with E-state index in [0.29, 0.717) is 22.8 Å². The van der Waals surface area contributed by atoms with Gasteiger partial charge in [0.15, 0.2) is 11.4 Å². The van der Waals surface area contributed by atoms with Crippen LogP contribution in [0.3, 0.4) is 0 Å². The first kappa shape index (κ1) is 21.8. The predicted molar refractivity (Wildman–Crippen MR) is 116 cm³/mol. The maximum atomic E-state index is 13.4. The summed E-state index contributed by atoms with van der Waals surface area (Å²) in [6.45, 7) is 11.8. The van der Waals surface area contributed by atoms with Gasteiger partial charge in [0.25, 0.3) is 11.4 Å². The Morgan fingerprint density at radius 1 is 0.679 bits per heavy atom. The van der Waals surface area contributed by atoms with Crippen molar-refractivity contribution in [3.05, 3.63) is 45.1 Å². The first-order valence-electron chi connectivity index (χ1n) is 9.79. The van der Waals surface area contributed by atoms with Crippen LogP contribution in [-0.2, 0) is 0 Å². The molecule has 0 saturated carbocycles. The summed E-state index contributed by atoms with van der Waals surface area (Å²) in [6, 6.07) is 3.86. The average Bonchev–Trinajstić information content (AvgIpc) is 2.56. The van der Waals surface area contributed by atoms with Gasteiger partial charge in [-0.05, 0) is 13.8 Å². The van der Waals surface area contributed by atoms with Crippen molar-refractivity contribution >= 4 is 11.4 Å². The lowest BCUT2D eigenvalue weighted by Gasteiger charge is -2.24. The second-order valence-electron chi connectivity index (χ2n) is 8.54. The van der Waals surface area contributed by atoms with Crippen LogP contribution in [0.25, 0.3) is 11.4 Å². The van der Waals surface area contributed by atoms with Gasteiger partial charge in [-0.1, -0.05) is 27.7 Å². The van der Waals surface area contributed by atoms with E-state index in [1.807, 2.05) is 91.7 Å². The zero-order valence-electron chi connectivity index (χ0n) is 18.9. The molecule has 0 aromatic carbocycles. The van der Waals surface area contributed by atoms with Crippen molar-refractivity contribution in [1.29, 1.82) is 0 Å². The Morgan fingerprint density at radius 2 is 0.964 bits per heavy atom. The molecule has 0 aliphatic heterocycles. The summed E-state index contributed by atoms with van der Waals surface area (Å²) in [6.07, 6.45) is 0. The number of hydrogen-bond donors (Lipinski definition) is 0. The van der Waals surface area contributed by atoms with E-state index in [9.17, 15) is 10.4 Å². The molecule has 2 aromatic heterocycles. The molecule has 0 bridgehead atoms. The number of pyridine rings is 2. The summed E-state index contributed by atoms with van der Waals surface area (Å²) in [5.41, 5.74) is 5.71. The van der Waals surface area contributed by atoms with Crippen LogP contribution in [0, 0.1) is 24.3 Å².